The highest BCUT2D eigenvalue weighted by molar-refractivity contribution is 5.77. The molecular weight excluding hydrogens is 252 g/mol. The molecule has 1 aliphatic rings. The second-order valence-electron chi connectivity index (χ2n) is 7.18. The number of ether oxygens (including phenoxy) is 1. The van der Waals surface area contributed by atoms with E-state index in [1.165, 1.54) is 0 Å². The summed E-state index contributed by atoms with van der Waals surface area (Å²) in [5.74, 6) is -0.294. The van der Waals surface area contributed by atoms with E-state index in [-0.39, 0.29) is 17.4 Å². The zero-order chi connectivity index (χ0) is 15.6. The maximum absolute atomic E-state index is 12.2. The van der Waals surface area contributed by atoms with Gasteiger partial charge < -0.3 is 4.74 Å². The average Bonchev–Trinajstić information content (AvgIpc) is 2.69. The lowest BCUT2D eigenvalue weighted by atomic mass is 9.85. The molecule has 4 nitrogen and oxygen atoms in total. The van der Waals surface area contributed by atoms with Gasteiger partial charge in [0, 0.05) is 6.04 Å². The molecular formula is C16H26N2O2. The minimum atomic E-state index is -0.517. The van der Waals surface area contributed by atoms with Crippen LogP contribution in [-0.4, -0.2) is 28.6 Å². The summed E-state index contributed by atoms with van der Waals surface area (Å²) in [7, 11) is 0. The number of carbonyl (C=O) groups is 1. The Morgan fingerprint density at radius 3 is 2.45 bits per heavy atom. The van der Waals surface area contributed by atoms with Crippen molar-refractivity contribution < 1.29 is 9.53 Å². The predicted molar refractivity (Wildman–Crippen MR) is 78.7 cm³/mol. The summed E-state index contributed by atoms with van der Waals surface area (Å²) in [5.41, 5.74) is -0.556. The maximum Gasteiger partial charge on any atom is 0.330 e. The van der Waals surface area contributed by atoms with Crippen LogP contribution in [0.4, 0.5) is 0 Å². The number of carbonyl (C=O) groups excluding carboxylic acids is 1. The molecule has 20 heavy (non-hydrogen) atoms. The van der Waals surface area contributed by atoms with E-state index in [0.29, 0.717) is 6.42 Å². The molecule has 1 heterocycles. The number of nitrogens with zero attached hydrogens (tertiary/aromatic N) is 2. The van der Waals surface area contributed by atoms with Gasteiger partial charge in [0.1, 0.15) is 11.6 Å². The van der Waals surface area contributed by atoms with E-state index < -0.39 is 11.6 Å². The smallest absolute Gasteiger partial charge is 0.330 e. The normalized spacial score (nSPS) is 23.3. The Hall–Kier alpha value is -1.50. The van der Waals surface area contributed by atoms with Gasteiger partial charge in [0.2, 0.25) is 0 Å². The highest BCUT2D eigenvalue weighted by Gasteiger charge is 2.41. The third-order valence-corrected chi connectivity index (χ3v) is 3.61. The van der Waals surface area contributed by atoms with Crippen molar-refractivity contribution in [3.8, 4) is 6.19 Å². The van der Waals surface area contributed by atoms with Gasteiger partial charge in [-0.3, -0.25) is 4.90 Å². The van der Waals surface area contributed by atoms with Gasteiger partial charge in [-0.1, -0.05) is 19.9 Å². The minimum absolute atomic E-state index is 0.0391. The van der Waals surface area contributed by atoms with E-state index >= 15 is 0 Å². The summed E-state index contributed by atoms with van der Waals surface area (Å²) in [6.45, 7) is 13.5. The molecule has 0 radical (unpaired) electrons. The molecule has 1 saturated heterocycles. The second-order valence-corrected chi connectivity index (χ2v) is 7.18. The van der Waals surface area contributed by atoms with Gasteiger partial charge in [0.25, 0.3) is 0 Å². The first kappa shape index (κ1) is 16.6. The summed E-state index contributed by atoms with van der Waals surface area (Å²) in [4.78, 5) is 13.8. The molecule has 1 aliphatic heterocycles. The molecule has 1 rings (SSSR count). The fourth-order valence-electron chi connectivity index (χ4n) is 2.53. The van der Waals surface area contributed by atoms with Crippen LogP contribution in [0.15, 0.2) is 12.7 Å². The molecule has 2 atom stereocenters. The maximum atomic E-state index is 12.2. The monoisotopic (exact) mass is 278 g/mol. The van der Waals surface area contributed by atoms with Gasteiger partial charge in [-0.25, -0.2) is 4.79 Å². The van der Waals surface area contributed by atoms with Gasteiger partial charge in [0.05, 0.1) is 0 Å². The Kier molecular flexibility index (Phi) is 4.86. The Labute approximate surface area is 122 Å². The van der Waals surface area contributed by atoms with Gasteiger partial charge in [-0.2, -0.15) is 5.26 Å². The van der Waals surface area contributed by atoms with Crippen molar-refractivity contribution in [1.82, 2.24) is 4.90 Å². The van der Waals surface area contributed by atoms with Crippen LogP contribution in [0.1, 0.15) is 53.9 Å². The molecule has 0 amide bonds. The molecule has 0 spiro atoms. The van der Waals surface area contributed by atoms with Crippen LogP contribution in [0.2, 0.25) is 0 Å². The van der Waals surface area contributed by atoms with Crippen LogP contribution in [0.5, 0.6) is 0 Å². The third-order valence-electron chi connectivity index (χ3n) is 3.61. The highest BCUT2D eigenvalue weighted by Crippen LogP contribution is 2.34. The summed E-state index contributed by atoms with van der Waals surface area (Å²) in [6, 6.07) is -0.352. The van der Waals surface area contributed by atoms with Crippen molar-refractivity contribution in [2.24, 2.45) is 5.41 Å². The molecule has 0 aromatic rings. The third kappa shape index (κ3) is 4.26. The van der Waals surface area contributed by atoms with Crippen molar-refractivity contribution in [3.05, 3.63) is 12.7 Å². The van der Waals surface area contributed by atoms with Gasteiger partial charge in [-0.15, -0.1) is 6.58 Å². The number of rotatable bonds is 4. The Morgan fingerprint density at radius 2 is 2.00 bits per heavy atom. The highest BCUT2D eigenvalue weighted by atomic mass is 16.6. The zero-order valence-electron chi connectivity index (χ0n) is 13.3. The van der Waals surface area contributed by atoms with E-state index in [0.717, 1.165) is 12.8 Å². The van der Waals surface area contributed by atoms with Crippen molar-refractivity contribution >= 4 is 5.97 Å². The molecule has 0 N–H and O–H groups in total. The Morgan fingerprint density at radius 1 is 1.40 bits per heavy atom. The van der Waals surface area contributed by atoms with E-state index in [9.17, 15) is 10.1 Å². The lowest BCUT2D eigenvalue weighted by molar-refractivity contribution is -0.159. The standard InChI is InChI=1S/C16H26N2O2/c1-7-16(5,6)10-12-8-9-13(18(12)11-17)14(19)20-15(2,3)4/h7,12-13H,1,8-10H2,2-6H3. The molecule has 2 unspecified atom stereocenters. The molecule has 0 bridgehead atoms. The Bertz CT molecular complexity index is 415. The number of hydrogen-bond donors (Lipinski definition) is 0. The first-order valence-corrected chi connectivity index (χ1v) is 7.14. The number of nitriles is 1. The molecule has 0 aliphatic carbocycles. The van der Waals surface area contributed by atoms with Crippen LogP contribution < -0.4 is 0 Å². The summed E-state index contributed by atoms with van der Waals surface area (Å²) < 4.78 is 5.41. The summed E-state index contributed by atoms with van der Waals surface area (Å²) in [6.07, 6.45) is 6.43. The average molecular weight is 278 g/mol. The minimum Gasteiger partial charge on any atom is -0.458 e. The fraction of sp³-hybridized carbons (Fsp3) is 0.750. The van der Waals surface area contributed by atoms with E-state index in [1.54, 1.807) is 4.90 Å². The Balaban J connectivity index is 2.76. The lowest BCUT2D eigenvalue weighted by Gasteiger charge is -2.30. The number of allylic oxidation sites excluding steroid dienone is 1. The van der Waals surface area contributed by atoms with E-state index in [1.807, 2.05) is 26.8 Å². The first-order chi connectivity index (χ1) is 9.09. The first-order valence-electron chi connectivity index (χ1n) is 7.14. The predicted octanol–water partition coefficient (Wildman–Crippen LogP) is 3.24. The van der Waals surface area contributed by atoms with Gasteiger partial charge in [-0.05, 0) is 45.4 Å². The van der Waals surface area contributed by atoms with Gasteiger partial charge in [0.15, 0.2) is 6.19 Å². The number of hydrogen-bond acceptors (Lipinski definition) is 4. The van der Waals surface area contributed by atoms with Crippen LogP contribution in [-0.2, 0) is 9.53 Å². The number of esters is 1. The van der Waals surface area contributed by atoms with Crippen molar-refractivity contribution in [1.29, 1.82) is 5.26 Å². The topological polar surface area (TPSA) is 53.3 Å². The van der Waals surface area contributed by atoms with Crippen molar-refractivity contribution in [2.45, 2.75) is 71.6 Å². The van der Waals surface area contributed by atoms with Gasteiger partial charge >= 0.3 is 5.97 Å². The van der Waals surface area contributed by atoms with Crippen molar-refractivity contribution in [3.63, 3.8) is 0 Å². The largest absolute Gasteiger partial charge is 0.458 e. The van der Waals surface area contributed by atoms with E-state index in [4.69, 9.17) is 4.74 Å². The SMILES string of the molecule is C=CC(C)(C)CC1CCC(C(=O)OC(C)(C)C)N1C#N. The summed E-state index contributed by atoms with van der Waals surface area (Å²) >= 11 is 0. The fourth-order valence-corrected chi connectivity index (χ4v) is 2.53. The lowest BCUT2D eigenvalue weighted by Crippen LogP contribution is -2.42. The van der Waals surface area contributed by atoms with Crippen LogP contribution in [0, 0.1) is 16.9 Å². The zero-order valence-corrected chi connectivity index (χ0v) is 13.3. The van der Waals surface area contributed by atoms with Crippen LogP contribution >= 0.6 is 0 Å². The second kappa shape index (κ2) is 5.87. The van der Waals surface area contributed by atoms with E-state index in [2.05, 4.69) is 26.6 Å². The van der Waals surface area contributed by atoms with Crippen LogP contribution in [0.25, 0.3) is 0 Å². The molecule has 0 aromatic carbocycles. The molecule has 1 fully saturated rings. The summed E-state index contributed by atoms with van der Waals surface area (Å²) in [5, 5.41) is 9.37. The molecule has 0 saturated carbocycles. The molecule has 112 valence electrons. The van der Waals surface area contributed by atoms with Crippen molar-refractivity contribution in [2.75, 3.05) is 0 Å². The molecule has 0 aromatic heterocycles. The molecule has 4 heteroatoms. The number of likely N-dealkylation sites (tertiary alicyclic amines) is 1. The van der Waals surface area contributed by atoms with Crippen LogP contribution in [0.3, 0.4) is 0 Å². The quantitative estimate of drug-likeness (QED) is 0.450.